The van der Waals surface area contributed by atoms with Gasteiger partial charge in [-0.25, -0.2) is 9.98 Å². The highest BCUT2D eigenvalue weighted by Crippen LogP contribution is 2.30. The molecule has 1 aromatic heterocycles. The summed E-state index contributed by atoms with van der Waals surface area (Å²) in [5, 5.41) is 7.89. The van der Waals surface area contributed by atoms with Crippen LogP contribution in [0.25, 0.3) is 0 Å². The molecule has 3 rings (SSSR count). The van der Waals surface area contributed by atoms with Crippen LogP contribution in [0.5, 0.6) is 0 Å². The SMILES string of the molecule is CCNC(=NCc1nc(C(F)(F)F)cs1)NC1CCN(c2ccccc2)C1. The van der Waals surface area contributed by atoms with Crippen molar-refractivity contribution in [2.75, 3.05) is 24.5 Å². The highest BCUT2D eigenvalue weighted by atomic mass is 32.1. The number of aliphatic imine (C=N–C) groups is 1. The molecule has 0 saturated carbocycles. The van der Waals surface area contributed by atoms with Crippen molar-refractivity contribution in [3.63, 3.8) is 0 Å². The molecular formula is C18H22F3N5S. The lowest BCUT2D eigenvalue weighted by Gasteiger charge is -2.20. The van der Waals surface area contributed by atoms with Crippen LogP contribution in [-0.2, 0) is 12.7 Å². The molecule has 146 valence electrons. The first-order valence-electron chi connectivity index (χ1n) is 8.82. The summed E-state index contributed by atoms with van der Waals surface area (Å²) in [6, 6.07) is 10.4. The maximum Gasteiger partial charge on any atom is 0.434 e. The lowest BCUT2D eigenvalue weighted by Crippen LogP contribution is -2.44. The number of nitrogens with one attached hydrogen (secondary N) is 2. The number of aromatic nitrogens is 1. The second-order valence-corrected chi connectivity index (χ2v) is 7.17. The number of alkyl halides is 3. The van der Waals surface area contributed by atoms with Gasteiger partial charge in [-0.3, -0.25) is 0 Å². The Bertz CT molecular complexity index is 760. The van der Waals surface area contributed by atoms with E-state index >= 15 is 0 Å². The fraction of sp³-hybridized carbons (Fsp3) is 0.444. The number of thiazole rings is 1. The average Bonchev–Trinajstić information content (AvgIpc) is 3.30. The Hall–Kier alpha value is -2.29. The zero-order chi connectivity index (χ0) is 19.3. The van der Waals surface area contributed by atoms with Crippen molar-refractivity contribution >= 4 is 23.0 Å². The third kappa shape index (κ3) is 5.35. The first kappa shape index (κ1) is 19.5. The molecule has 0 bridgehead atoms. The molecule has 2 heterocycles. The van der Waals surface area contributed by atoms with Crippen molar-refractivity contribution in [3.8, 4) is 0 Å². The van der Waals surface area contributed by atoms with Crippen molar-refractivity contribution in [2.24, 2.45) is 4.99 Å². The van der Waals surface area contributed by atoms with Crippen LogP contribution < -0.4 is 15.5 Å². The van der Waals surface area contributed by atoms with E-state index in [1.807, 2.05) is 25.1 Å². The van der Waals surface area contributed by atoms with Crippen LogP contribution in [0, 0.1) is 0 Å². The molecule has 0 amide bonds. The van der Waals surface area contributed by atoms with E-state index in [-0.39, 0.29) is 12.6 Å². The Kier molecular flexibility index (Phi) is 6.20. The molecule has 2 aromatic rings. The smallest absolute Gasteiger partial charge is 0.369 e. The predicted octanol–water partition coefficient (Wildman–Crippen LogP) is 3.50. The lowest BCUT2D eigenvalue weighted by atomic mass is 10.3. The molecule has 1 atom stereocenters. The average molecular weight is 397 g/mol. The van der Waals surface area contributed by atoms with E-state index < -0.39 is 11.9 Å². The maximum atomic E-state index is 12.6. The summed E-state index contributed by atoms with van der Waals surface area (Å²) in [6.07, 6.45) is -3.44. The molecule has 9 heteroatoms. The van der Waals surface area contributed by atoms with Crippen LogP contribution in [0.4, 0.5) is 18.9 Å². The van der Waals surface area contributed by atoms with Crippen molar-refractivity contribution < 1.29 is 13.2 Å². The van der Waals surface area contributed by atoms with Crippen LogP contribution in [0.15, 0.2) is 40.7 Å². The zero-order valence-electron chi connectivity index (χ0n) is 15.0. The number of anilines is 1. The third-order valence-corrected chi connectivity index (χ3v) is 5.04. The normalized spacial score (nSPS) is 18.0. The van der Waals surface area contributed by atoms with Gasteiger partial charge in [0.25, 0.3) is 0 Å². The lowest BCUT2D eigenvalue weighted by molar-refractivity contribution is -0.140. The van der Waals surface area contributed by atoms with E-state index in [2.05, 4.69) is 37.6 Å². The van der Waals surface area contributed by atoms with Gasteiger partial charge in [0.2, 0.25) is 0 Å². The van der Waals surface area contributed by atoms with Gasteiger partial charge in [0.1, 0.15) is 5.01 Å². The highest BCUT2D eigenvalue weighted by Gasteiger charge is 2.33. The molecule has 0 radical (unpaired) electrons. The molecule has 1 fully saturated rings. The Morgan fingerprint density at radius 3 is 2.78 bits per heavy atom. The number of nitrogens with zero attached hydrogens (tertiary/aromatic N) is 3. The largest absolute Gasteiger partial charge is 0.434 e. The minimum atomic E-state index is -4.41. The highest BCUT2D eigenvalue weighted by molar-refractivity contribution is 7.09. The molecule has 1 aliphatic rings. The molecule has 1 saturated heterocycles. The minimum Gasteiger partial charge on any atom is -0.369 e. The second-order valence-electron chi connectivity index (χ2n) is 6.23. The molecule has 5 nitrogen and oxygen atoms in total. The summed E-state index contributed by atoms with van der Waals surface area (Å²) >= 11 is 0.975. The van der Waals surface area contributed by atoms with Gasteiger partial charge in [-0.1, -0.05) is 18.2 Å². The number of para-hydroxylation sites is 1. The van der Waals surface area contributed by atoms with E-state index in [0.29, 0.717) is 17.5 Å². The molecule has 1 unspecified atom stereocenters. The Morgan fingerprint density at radius 2 is 2.11 bits per heavy atom. The van der Waals surface area contributed by atoms with Crippen molar-refractivity contribution in [3.05, 3.63) is 46.4 Å². The Labute approximate surface area is 160 Å². The topological polar surface area (TPSA) is 52.6 Å². The van der Waals surface area contributed by atoms with Gasteiger partial charge in [-0.2, -0.15) is 13.2 Å². The number of hydrogen-bond donors (Lipinski definition) is 2. The van der Waals surface area contributed by atoms with Crippen LogP contribution in [0.1, 0.15) is 24.0 Å². The molecule has 0 aliphatic carbocycles. The summed E-state index contributed by atoms with van der Waals surface area (Å²) in [5.41, 5.74) is 0.330. The number of hydrogen-bond acceptors (Lipinski definition) is 4. The zero-order valence-corrected chi connectivity index (χ0v) is 15.8. The Balaban J connectivity index is 1.59. The van der Waals surface area contributed by atoms with Gasteiger partial charge < -0.3 is 15.5 Å². The second kappa shape index (κ2) is 8.60. The minimum absolute atomic E-state index is 0.116. The maximum absolute atomic E-state index is 12.6. The predicted molar refractivity (Wildman–Crippen MR) is 102 cm³/mol. The number of halogens is 3. The van der Waals surface area contributed by atoms with Crippen LogP contribution in [0.3, 0.4) is 0 Å². The molecule has 27 heavy (non-hydrogen) atoms. The van der Waals surface area contributed by atoms with Crippen molar-refractivity contribution in [2.45, 2.75) is 32.1 Å². The summed E-state index contributed by atoms with van der Waals surface area (Å²) in [5.74, 6) is 0.598. The van der Waals surface area contributed by atoms with Crippen molar-refractivity contribution in [1.82, 2.24) is 15.6 Å². The monoisotopic (exact) mass is 397 g/mol. The van der Waals surface area contributed by atoms with Crippen LogP contribution in [0.2, 0.25) is 0 Å². The molecule has 0 spiro atoms. The number of benzene rings is 1. The van der Waals surface area contributed by atoms with E-state index in [1.54, 1.807) is 0 Å². The van der Waals surface area contributed by atoms with Crippen LogP contribution in [-0.4, -0.2) is 36.6 Å². The fourth-order valence-electron chi connectivity index (χ4n) is 2.93. The first-order chi connectivity index (χ1) is 13.0. The summed E-state index contributed by atoms with van der Waals surface area (Å²) in [7, 11) is 0. The molecule has 2 N–H and O–H groups in total. The van der Waals surface area contributed by atoms with E-state index in [9.17, 15) is 13.2 Å². The van der Waals surface area contributed by atoms with Gasteiger partial charge in [0, 0.05) is 36.7 Å². The van der Waals surface area contributed by atoms with Gasteiger partial charge in [-0.15, -0.1) is 11.3 Å². The number of guanidine groups is 1. The van der Waals surface area contributed by atoms with Crippen molar-refractivity contribution in [1.29, 1.82) is 0 Å². The molecule has 1 aliphatic heterocycles. The standard InChI is InChI=1S/C18H22F3N5S/c1-2-22-17(23-10-16-25-15(12-27-16)18(19,20)21)24-13-8-9-26(11-13)14-6-4-3-5-7-14/h3-7,12-13H,2,8-11H2,1H3,(H2,22,23,24). The van der Waals surface area contributed by atoms with E-state index in [4.69, 9.17) is 0 Å². The van der Waals surface area contributed by atoms with Gasteiger partial charge >= 0.3 is 6.18 Å². The van der Waals surface area contributed by atoms with Gasteiger partial charge in [0.15, 0.2) is 11.7 Å². The van der Waals surface area contributed by atoms with Gasteiger partial charge in [-0.05, 0) is 25.5 Å². The quantitative estimate of drug-likeness (QED) is 0.599. The molecular weight excluding hydrogens is 375 g/mol. The van der Waals surface area contributed by atoms with Crippen LogP contribution >= 0.6 is 11.3 Å². The fourth-order valence-corrected chi connectivity index (χ4v) is 3.65. The van der Waals surface area contributed by atoms with Gasteiger partial charge in [0.05, 0.1) is 6.54 Å². The first-order valence-corrected chi connectivity index (χ1v) is 9.70. The summed E-state index contributed by atoms with van der Waals surface area (Å²) < 4.78 is 37.9. The van der Waals surface area contributed by atoms with E-state index in [1.165, 1.54) is 5.69 Å². The summed E-state index contributed by atoms with van der Waals surface area (Å²) in [6.45, 7) is 4.54. The Morgan fingerprint density at radius 1 is 1.33 bits per heavy atom. The summed E-state index contributed by atoms with van der Waals surface area (Å²) in [4.78, 5) is 10.3. The molecule has 1 aromatic carbocycles. The van der Waals surface area contributed by atoms with E-state index in [0.717, 1.165) is 36.2 Å². The number of rotatable bonds is 5. The third-order valence-electron chi connectivity index (χ3n) is 4.21.